The molecule has 4 rings (SSSR count). The number of nitrogens with one attached hydrogen (secondary N) is 6. The van der Waals surface area contributed by atoms with E-state index in [-0.39, 0.29) is 37.9 Å². The molecule has 0 fully saturated rings. The predicted molar refractivity (Wildman–Crippen MR) is 232 cm³/mol. The van der Waals surface area contributed by atoms with E-state index in [4.69, 9.17) is 10.5 Å². The van der Waals surface area contributed by atoms with E-state index in [2.05, 4.69) is 31.6 Å². The van der Waals surface area contributed by atoms with Crippen molar-refractivity contribution in [1.29, 1.82) is 0 Å². The molecule has 1 aromatic heterocycles. The molecule has 9 N–H and O–H groups in total. The van der Waals surface area contributed by atoms with E-state index in [1.165, 1.54) is 36.4 Å². The van der Waals surface area contributed by atoms with Crippen LogP contribution < -0.4 is 32.3 Å². The highest BCUT2D eigenvalue weighted by molar-refractivity contribution is 5.97. The number of non-ortho nitro benzene ring substituents is 1. The summed E-state index contributed by atoms with van der Waals surface area (Å²) >= 11 is 0. The summed E-state index contributed by atoms with van der Waals surface area (Å²) in [5, 5.41) is 34.2. The summed E-state index contributed by atoms with van der Waals surface area (Å²) in [4.78, 5) is 105. The zero-order valence-electron chi connectivity index (χ0n) is 35.1. The Morgan fingerprint density at radius 1 is 0.794 bits per heavy atom. The van der Waals surface area contributed by atoms with Crippen molar-refractivity contribution in [2.24, 2.45) is 5.73 Å². The number of unbranched alkanes of at least 4 members (excludes halogenated alkanes) is 1. The highest BCUT2D eigenvalue weighted by Crippen LogP contribution is 2.20. The molecular formula is C44H52N8O11. The molecule has 19 heteroatoms. The molecule has 334 valence electrons. The molecule has 0 radical (unpaired) electrons. The SMILES string of the molecule is CC(C)(C)OC(=O)N[C@@H](Cc1c[nH]c2ccccc12)C(=O)N[C@@H](CCCCNC(=O)/C=C\c1ccc([N+](=O)[O-])cc1)C(=O)N[C@@H](CC(=O)O)C(=O)N[C@@H](Cc1ccccc1)C(N)=O. The Balaban J connectivity index is 1.52. The second-order valence-corrected chi connectivity index (χ2v) is 15.6. The Morgan fingerprint density at radius 2 is 1.41 bits per heavy atom. The average molecular weight is 869 g/mol. The molecule has 0 unspecified atom stereocenters. The van der Waals surface area contributed by atoms with E-state index in [9.17, 15) is 48.8 Å². The molecule has 19 nitrogen and oxygen atoms in total. The third kappa shape index (κ3) is 16.1. The smallest absolute Gasteiger partial charge is 0.408 e. The summed E-state index contributed by atoms with van der Waals surface area (Å²) in [6, 6.07) is 15.9. The fourth-order valence-corrected chi connectivity index (χ4v) is 6.34. The number of primary amides is 1. The van der Waals surface area contributed by atoms with Gasteiger partial charge < -0.3 is 47.1 Å². The van der Waals surface area contributed by atoms with Crippen LogP contribution in [0.15, 0.2) is 91.1 Å². The number of benzene rings is 3. The topological polar surface area (TPSA) is 294 Å². The highest BCUT2D eigenvalue weighted by Gasteiger charge is 2.33. The molecule has 4 atom stereocenters. The highest BCUT2D eigenvalue weighted by atomic mass is 16.6. The quantitative estimate of drug-likeness (QED) is 0.0246. The number of carbonyl (C=O) groups excluding carboxylic acids is 6. The van der Waals surface area contributed by atoms with Gasteiger partial charge in [-0.25, -0.2) is 4.79 Å². The van der Waals surface area contributed by atoms with Crippen LogP contribution in [0.3, 0.4) is 0 Å². The van der Waals surface area contributed by atoms with Crippen LogP contribution in [0.25, 0.3) is 17.0 Å². The van der Waals surface area contributed by atoms with Gasteiger partial charge in [-0.3, -0.25) is 38.9 Å². The van der Waals surface area contributed by atoms with Crippen molar-refractivity contribution in [3.8, 4) is 0 Å². The normalized spacial score (nSPS) is 13.2. The lowest BCUT2D eigenvalue weighted by Gasteiger charge is -2.26. The number of hydrogen-bond acceptors (Lipinski definition) is 10. The van der Waals surface area contributed by atoms with E-state index in [1.807, 2.05) is 24.3 Å². The monoisotopic (exact) mass is 868 g/mol. The number of rotatable bonds is 22. The number of amides is 6. The number of nitro benzene ring substituents is 1. The average Bonchev–Trinajstić information content (AvgIpc) is 3.63. The Labute approximate surface area is 362 Å². The van der Waals surface area contributed by atoms with Crippen LogP contribution in [-0.4, -0.2) is 92.9 Å². The first-order valence-corrected chi connectivity index (χ1v) is 20.1. The van der Waals surface area contributed by atoms with Crippen LogP contribution in [0, 0.1) is 10.1 Å². The van der Waals surface area contributed by atoms with E-state index >= 15 is 0 Å². The Kier molecular flexibility index (Phi) is 17.5. The molecule has 4 aromatic rings. The summed E-state index contributed by atoms with van der Waals surface area (Å²) in [5.41, 5.74) is 7.21. The van der Waals surface area contributed by atoms with Gasteiger partial charge in [0, 0.05) is 54.7 Å². The number of alkyl carbamates (subject to hydrolysis) is 1. The van der Waals surface area contributed by atoms with Gasteiger partial charge >= 0.3 is 12.1 Å². The summed E-state index contributed by atoms with van der Waals surface area (Å²) in [5.74, 6) is -5.57. The molecule has 0 saturated carbocycles. The number of aromatic amines is 1. The number of ether oxygens (including phenoxy) is 1. The molecule has 0 aliphatic rings. The van der Waals surface area contributed by atoms with Gasteiger partial charge in [0.2, 0.25) is 29.5 Å². The van der Waals surface area contributed by atoms with E-state index in [0.29, 0.717) is 23.1 Å². The minimum atomic E-state index is -1.71. The van der Waals surface area contributed by atoms with Crippen molar-refractivity contribution >= 4 is 64.3 Å². The Morgan fingerprint density at radius 3 is 2.06 bits per heavy atom. The number of aromatic nitrogens is 1. The van der Waals surface area contributed by atoms with Gasteiger partial charge in [-0.05, 0) is 81.0 Å². The molecule has 3 aromatic carbocycles. The molecule has 0 bridgehead atoms. The molecule has 0 saturated heterocycles. The van der Waals surface area contributed by atoms with Crippen molar-refractivity contribution in [1.82, 2.24) is 31.6 Å². The lowest BCUT2D eigenvalue weighted by atomic mass is 10.0. The van der Waals surface area contributed by atoms with Crippen LogP contribution in [0.2, 0.25) is 0 Å². The fourth-order valence-electron chi connectivity index (χ4n) is 6.34. The molecule has 63 heavy (non-hydrogen) atoms. The van der Waals surface area contributed by atoms with Crippen LogP contribution in [-0.2, 0) is 46.3 Å². The zero-order chi connectivity index (χ0) is 46.1. The number of H-pyrrole nitrogens is 1. The van der Waals surface area contributed by atoms with Gasteiger partial charge in [-0.1, -0.05) is 48.5 Å². The maximum Gasteiger partial charge on any atom is 0.408 e. The largest absolute Gasteiger partial charge is 0.481 e. The first kappa shape index (κ1) is 48.1. The number of hydrogen-bond donors (Lipinski definition) is 8. The van der Waals surface area contributed by atoms with Crippen LogP contribution in [0.5, 0.6) is 0 Å². The number of aliphatic carboxylic acids is 1. The number of para-hydroxylation sites is 1. The zero-order valence-corrected chi connectivity index (χ0v) is 35.1. The number of carboxylic acid groups (broad SMARTS) is 1. The molecule has 1 heterocycles. The number of carbonyl (C=O) groups is 7. The fraction of sp³-hybridized carbons (Fsp3) is 0.341. The maximum atomic E-state index is 14.1. The van der Waals surface area contributed by atoms with Crippen molar-refractivity contribution in [3.63, 3.8) is 0 Å². The summed E-state index contributed by atoms with van der Waals surface area (Å²) in [7, 11) is 0. The van der Waals surface area contributed by atoms with Gasteiger partial charge in [-0.15, -0.1) is 0 Å². The molecule has 0 aliphatic heterocycles. The van der Waals surface area contributed by atoms with Gasteiger partial charge in [-0.2, -0.15) is 0 Å². The standard InChI is InChI=1S/C44H52N8O11/c1-44(2,3)63-43(60)51-35(24-29-26-47-32-14-8-7-13-31(29)32)41(58)48-33(15-9-10-22-46-37(53)21-18-27-16-19-30(20-17-27)52(61)62)40(57)50-36(25-38(54)55)42(59)49-34(39(45)56)23-28-11-5-4-6-12-28/h4-8,11-14,16-21,26,33-36,47H,9-10,15,22-25H2,1-3H3,(H2,45,56)(H,46,53)(H,48,58)(H,49,59)(H,50,57)(H,51,60)(H,54,55)/b21-18-/t33-,34-,35-,36-/m0/s1. The van der Waals surface area contributed by atoms with Crippen LogP contribution in [0.1, 0.15) is 63.1 Å². The number of nitro groups is 1. The van der Waals surface area contributed by atoms with E-state index < -0.39 is 82.7 Å². The van der Waals surface area contributed by atoms with Crippen molar-refractivity contribution in [3.05, 3.63) is 118 Å². The van der Waals surface area contributed by atoms with Crippen molar-refractivity contribution in [2.45, 2.75) is 89.1 Å². The Hall–Kier alpha value is -7.57. The van der Waals surface area contributed by atoms with Crippen LogP contribution in [0.4, 0.5) is 10.5 Å². The molecule has 0 aliphatic carbocycles. The summed E-state index contributed by atoms with van der Waals surface area (Å²) in [6.45, 7) is 5.08. The van der Waals surface area contributed by atoms with E-state index in [0.717, 1.165) is 10.9 Å². The van der Waals surface area contributed by atoms with Crippen molar-refractivity contribution in [2.75, 3.05) is 6.54 Å². The number of carboxylic acids is 1. The second-order valence-electron chi connectivity index (χ2n) is 15.6. The van der Waals surface area contributed by atoms with Crippen molar-refractivity contribution < 1.29 is 48.3 Å². The third-order valence-electron chi connectivity index (χ3n) is 9.44. The third-order valence-corrected chi connectivity index (χ3v) is 9.44. The number of fused-ring (bicyclic) bond motifs is 1. The van der Waals surface area contributed by atoms with Gasteiger partial charge in [0.25, 0.3) is 5.69 Å². The molecule has 6 amide bonds. The summed E-state index contributed by atoms with van der Waals surface area (Å²) in [6.07, 6.45) is 3.01. The molecule has 0 spiro atoms. The van der Waals surface area contributed by atoms with E-state index in [1.54, 1.807) is 57.3 Å². The van der Waals surface area contributed by atoms with Gasteiger partial charge in [0.1, 0.15) is 29.8 Å². The summed E-state index contributed by atoms with van der Waals surface area (Å²) < 4.78 is 5.43. The molecular weight excluding hydrogens is 817 g/mol. The first-order chi connectivity index (χ1) is 29.9. The lowest BCUT2D eigenvalue weighted by Crippen LogP contribution is -2.59. The minimum absolute atomic E-state index is 0.0137. The second kappa shape index (κ2) is 22.9. The number of nitrogens with two attached hydrogens (primary N) is 1. The predicted octanol–water partition coefficient (Wildman–Crippen LogP) is 3.17. The van der Waals surface area contributed by atoms with Crippen LogP contribution >= 0.6 is 0 Å². The first-order valence-electron chi connectivity index (χ1n) is 20.1. The van der Waals surface area contributed by atoms with Gasteiger partial charge in [0.05, 0.1) is 11.3 Å². The lowest BCUT2D eigenvalue weighted by molar-refractivity contribution is -0.384. The number of nitrogens with zero attached hydrogens (tertiary/aromatic N) is 1. The Bertz CT molecular complexity index is 2290. The van der Waals surface area contributed by atoms with Gasteiger partial charge in [0.15, 0.2) is 0 Å². The maximum absolute atomic E-state index is 14.1. The minimum Gasteiger partial charge on any atom is -0.481 e.